The largest absolute Gasteiger partial charge is 0.339 e. The summed E-state index contributed by atoms with van der Waals surface area (Å²) in [4.78, 5) is 13.8. The minimum absolute atomic E-state index is 0.141. The van der Waals surface area contributed by atoms with Crippen LogP contribution in [0.1, 0.15) is 25.3 Å². The summed E-state index contributed by atoms with van der Waals surface area (Å²) >= 11 is 1.62. The van der Waals surface area contributed by atoms with Crippen LogP contribution in [0, 0.1) is 0 Å². The van der Waals surface area contributed by atoms with Crippen molar-refractivity contribution in [3.63, 3.8) is 0 Å². The number of carbonyl (C=O) groups excluding carboxylic acids is 1. The van der Waals surface area contributed by atoms with Crippen LogP contribution in [0.25, 0.3) is 17.0 Å². The van der Waals surface area contributed by atoms with Gasteiger partial charge in [0, 0.05) is 36.1 Å². The van der Waals surface area contributed by atoms with E-state index in [1.807, 2.05) is 46.0 Å². The molecule has 5 rings (SSSR count). The smallest absolute Gasteiger partial charge is 0.219 e. The molecule has 7 nitrogen and oxygen atoms in total. The first-order chi connectivity index (χ1) is 14.2. The van der Waals surface area contributed by atoms with Crippen LogP contribution >= 0.6 is 11.3 Å². The molecule has 0 atom stereocenters. The molecule has 1 aliphatic carbocycles. The predicted molar refractivity (Wildman–Crippen MR) is 113 cm³/mol. The van der Waals surface area contributed by atoms with Gasteiger partial charge < -0.3 is 10.2 Å². The molecule has 1 fully saturated rings. The summed E-state index contributed by atoms with van der Waals surface area (Å²) in [6.45, 7) is 2.31. The van der Waals surface area contributed by atoms with Crippen molar-refractivity contribution in [2.24, 2.45) is 0 Å². The predicted octanol–water partition coefficient (Wildman–Crippen LogP) is 4.11. The van der Waals surface area contributed by atoms with E-state index in [1.165, 1.54) is 0 Å². The summed E-state index contributed by atoms with van der Waals surface area (Å²) in [5.41, 5.74) is 3.77. The SMILES string of the molecule is CC(=O)N(Cc1ccc(Nc2ccc3nnc(-c4ccsc4)n3n2)cc1)C1CC1. The van der Waals surface area contributed by atoms with E-state index in [9.17, 15) is 4.79 Å². The van der Waals surface area contributed by atoms with Gasteiger partial charge in [0.2, 0.25) is 5.91 Å². The summed E-state index contributed by atoms with van der Waals surface area (Å²) in [7, 11) is 0. The van der Waals surface area contributed by atoms with E-state index < -0.39 is 0 Å². The third-order valence-electron chi connectivity index (χ3n) is 5.01. The Hall–Kier alpha value is -3.26. The number of fused-ring (bicyclic) bond motifs is 1. The highest BCUT2D eigenvalue weighted by Gasteiger charge is 2.30. The van der Waals surface area contributed by atoms with Crippen molar-refractivity contribution in [1.29, 1.82) is 0 Å². The molecule has 0 spiro atoms. The quantitative estimate of drug-likeness (QED) is 0.523. The van der Waals surface area contributed by atoms with Gasteiger partial charge in [-0.15, -0.1) is 15.3 Å². The molecule has 1 amide bonds. The monoisotopic (exact) mass is 404 g/mol. The van der Waals surface area contributed by atoms with E-state index in [0.29, 0.717) is 24.1 Å². The third kappa shape index (κ3) is 3.71. The fraction of sp³-hybridized carbons (Fsp3) is 0.238. The fourth-order valence-corrected chi connectivity index (χ4v) is 3.98. The number of hydrogen-bond acceptors (Lipinski definition) is 6. The molecule has 29 heavy (non-hydrogen) atoms. The maximum atomic E-state index is 11.8. The van der Waals surface area contributed by atoms with E-state index in [1.54, 1.807) is 22.8 Å². The second kappa shape index (κ2) is 7.29. The molecular formula is C21H20N6OS. The zero-order valence-corrected chi connectivity index (χ0v) is 16.8. The Bertz CT molecular complexity index is 1150. The van der Waals surface area contributed by atoms with Crippen LogP contribution in [0.4, 0.5) is 11.5 Å². The van der Waals surface area contributed by atoms with Crippen molar-refractivity contribution in [1.82, 2.24) is 24.7 Å². The maximum absolute atomic E-state index is 11.8. The van der Waals surface area contributed by atoms with E-state index in [-0.39, 0.29) is 5.91 Å². The highest BCUT2D eigenvalue weighted by Crippen LogP contribution is 2.29. The summed E-state index contributed by atoms with van der Waals surface area (Å²) < 4.78 is 1.75. The van der Waals surface area contributed by atoms with Gasteiger partial charge in [-0.3, -0.25) is 4.79 Å². The molecule has 146 valence electrons. The van der Waals surface area contributed by atoms with Crippen LogP contribution in [-0.4, -0.2) is 36.7 Å². The van der Waals surface area contributed by atoms with Crippen LogP contribution in [0.2, 0.25) is 0 Å². The summed E-state index contributed by atoms with van der Waals surface area (Å²) in [5, 5.41) is 20.5. The number of aromatic nitrogens is 4. The van der Waals surface area contributed by atoms with Gasteiger partial charge in [-0.1, -0.05) is 12.1 Å². The molecule has 0 bridgehead atoms. The van der Waals surface area contributed by atoms with Gasteiger partial charge >= 0.3 is 0 Å². The number of carbonyl (C=O) groups is 1. The van der Waals surface area contributed by atoms with Crippen molar-refractivity contribution < 1.29 is 4.79 Å². The zero-order valence-electron chi connectivity index (χ0n) is 15.9. The van der Waals surface area contributed by atoms with Gasteiger partial charge in [0.05, 0.1) is 0 Å². The van der Waals surface area contributed by atoms with E-state index in [4.69, 9.17) is 0 Å². The van der Waals surface area contributed by atoms with Crippen molar-refractivity contribution in [3.05, 3.63) is 58.8 Å². The molecule has 4 aromatic rings. The Labute approximate surface area is 172 Å². The van der Waals surface area contributed by atoms with Gasteiger partial charge in [-0.05, 0) is 54.1 Å². The minimum Gasteiger partial charge on any atom is -0.339 e. The zero-order chi connectivity index (χ0) is 19.8. The van der Waals surface area contributed by atoms with Gasteiger partial charge in [0.25, 0.3) is 0 Å². The molecule has 0 aliphatic heterocycles. The van der Waals surface area contributed by atoms with Crippen LogP contribution in [0.5, 0.6) is 0 Å². The summed E-state index contributed by atoms with van der Waals surface area (Å²) in [6.07, 6.45) is 2.23. The Kier molecular flexibility index (Phi) is 4.48. The lowest BCUT2D eigenvalue weighted by Crippen LogP contribution is -2.30. The molecule has 0 unspecified atom stereocenters. The Balaban J connectivity index is 1.34. The molecular weight excluding hydrogens is 384 g/mol. The Morgan fingerprint density at radius 3 is 2.69 bits per heavy atom. The first-order valence-electron chi connectivity index (χ1n) is 9.55. The van der Waals surface area contributed by atoms with Crippen LogP contribution in [0.15, 0.2) is 53.2 Å². The second-order valence-corrected chi connectivity index (χ2v) is 8.00. The van der Waals surface area contributed by atoms with E-state index >= 15 is 0 Å². The number of hydrogen-bond donors (Lipinski definition) is 1. The standard InChI is InChI=1S/C21H20N6OS/c1-14(28)26(18-6-7-18)12-15-2-4-17(5-3-15)22-19-8-9-20-23-24-21(27(20)25-19)16-10-11-29-13-16/h2-5,8-11,13,18H,6-7,12H2,1H3,(H,22,25). The number of anilines is 2. The van der Waals surface area contributed by atoms with Crippen molar-refractivity contribution in [3.8, 4) is 11.4 Å². The Morgan fingerprint density at radius 1 is 1.17 bits per heavy atom. The van der Waals surface area contributed by atoms with E-state index in [2.05, 4.69) is 32.7 Å². The molecule has 1 saturated carbocycles. The number of amides is 1. The molecule has 3 aromatic heterocycles. The highest BCUT2D eigenvalue weighted by atomic mass is 32.1. The molecule has 1 aromatic carbocycles. The molecule has 1 N–H and O–H groups in total. The lowest BCUT2D eigenvalue weighted by molar-refractivity contribution is -0.130. The van der Waals surface area contributed by atoms with Crippen LogP contribution < -0.4 is 5.32 Å². The highest BCUT2D eigenvalue weighted by molar-refractivity contribution is 7.08. The van der Waals surface area contributed by atoms with Gasteiger partial charge in [-0.25, -0.2) is 0 Å². The number of thiophene rings is 1. The van der Waals surface area contributed by atoms with Gasteiger partial charge in [0.15, 0.2) is 17.3 Å². The first kappa shape index (κ1) is 17.8. The average Bonchev–Trinajstić information content (AvgIpc) is 3.24. The molecule has 3 heterocycles. The van der Waals surface area contributed by atoms with Crippen molar-refractivity contribution >= 4 is 34.4 Å². The molecule has 1 aliphatic rings. The first-order valence-corrected chi connectivity index (χ1v) is 10.5. The van der Waals surface area contributed by atoms with Gasteiger partial charge in [0.1, 0.15) is 0 Å². The van der Waals surface area contributed by atoms with Crippen molar-refractivity contribution in [2.45, 2.75) is 32.4 Å². The number of rotatable bonds is 6. The number of benzene rings is 1. The molecule has 0 saturated heterocycles. The minimum atomic E-state index is 0.141. The topological polar surface area (TPSA) is 75.4 Å². The lowest BCUT2D eigenvalue weighted by atomic mass is 10.2. The van der Waals surface area contributed by atoms with Crippen molar-refractivity contribution in [2.75, 3.05) is 5.32 Å². The second-order valence-electron chi connectivity index (χ2n) is 7.22. The van der Waals surface area contributed by atoms with Crippen LogP contribution in [0.3, 0.4) is 0 Å². The Morgan fingerprint density at radius 2 is 2.00 bits per heavy atom. The fourth-order valence-electron chi connectivity index (χ4n) is 3.35. The van der Waals surface area contributed by atoms with Crippen LogP contribution in [-0.2, 0) is 11.3 Å². The molecule has 0 radical (unpaired) electrons. The van der Waals surface area contributed by atoms with E-state index in [0.717, 1.165) is 35.5 Å². The average molecular weight is 404 g/mol. The number of nitrogens with zero attached hydrogens (tertiary/aromatic N) is 5. The normalized spacial score (nSPS) is 13.6. The summed E-state index contributed by atoms with van der Waals surface area (Å²) in [5.74, 6) is 1.58. The van der Waals surface area contributed by atoms with Gasteiger partial charge in [-0.2, -0.15) is 15.9 Å². The maximum Gasteiger partial charge on any atom is 0.219 e. The number of nitrogens with one attached hydrogen (secondary N) is 1. The lowest BCUT2D eigenvalue weighted by Gasteiger charge is -2.20. The third-order valence-corrected chi connectivity index (χ3v) is 5.70. The molecule has 8 heteroatoms. The summed E-state index contributed by atoms with van der Waals surface area (Å²) in [6, 6.07) is 14.3.